The number of azide groups is 1. The van der Waals surface area contributed by atoms with Gasteiger partial charge >= 0.3 is 0 Å². The van der Waals surface area contributed by atoms with Crippen LogP contribution in [0.4, 0.5) is 0 Å². The summed E-state index contributed by atoms with van der Waals surface area (Å²) in [5.41, 5.74) is 13.1. The molecule has 7 nitrogen and oxygen atoms in total. The van der Waals surface area contributed by atoms with E-state index in [0.29, 0.717) is 26.4 Å². The minimum absolute atomic E-state index is 0.210. The number of ether oxygens (including phenoxy) is 2. The van der Waals surface area contributed by atoms with Crippen molar-refractivity contribution in [1.82, 2.24) is 0 Å². The maximum absolute atomic E-state index is 8.46. The second-order valence-corrected chi connectivity index (χ2v) is 2.16. The fourth-order valence-corrected chi connectivity index (χ4v) is 0.563. The molecule has 0 aliphatic rings. The molecule has 0 radical (unpaired) electrons. The van der Waals surface area contributed by atoms with Gasteiger partial charge in [-0.05, 0) is 5.53 Å². The molecule has 0 bridgehead atoms. The first-order valence-corrected chi connectivity index (χ1v) is 3.88. The van der Waals surface area contributed by atoms with Crippen LogP contribution in [-0.4, -0.2) is 44.3 Å². The van der Waals surface area contributed by atoms with Crippen molar-refractivity contribution in [2.75, 3.05) is 33.0 Å². The second kappa shape index (κ2) is 9.24. The molecule has 0 aromatic rings. The van der Waals surface area contributed by atoms with Crippen molar-refractivity contribution in [1.29, 1.82) is 0 Å². The van der Waals surface area contributed by atoms with Gasteiger partial charge in [-0.3, -0.25) is 0 Å². The molecule has 3 N–H and O–H groups in total. The second-order valence-electron chi connectivity index (χ2n) is 2.16. The smallest absolute Gasteiger partial charge is 0.129 e. The standard InChI is InChI=1S/C6H14N4O3/c7-6(5-11)13-4-3-12-2-1-9-10-8/h6,11H,1-5,7H2. The zero-order valence-electron chi connectivity index (χ0n) is 7.30. The maximum Gasteiger partial charge on any atom is 0.129 e. The van der Waals surface area contributed by atoms with Gasteiger partial charge in [-0.15, -0.1) is 0 Å². The van der Waals surface area contributed by atoms with Gasteiger partial charge in [0.05, 0.1) is 26.4 Å². The maximum atomic E-state index is 8.46. The zero-order chi connectivity index (χ0) is 9.94. The number of rotatable bonds is 8. The van der Waals surface area contributed by atoms with E-state index in [1.165, 1.54) is 0 Å². The van der Waals surface area contributed by atoms with Crippen molar-refractivity contribution in [3.8, 4) is 0 Å². The molecule has 0 aliphatic carbocycles. The van der Waals surface area contributed by atoms with Crippen molar-refractivity contribution in [3.05, 3.63) is 10.4 Å². The molecule has 1 unspecified atom stereocenters. The Labute approximate surface area is 76.1 Å². The van der Waals surface area contributed by atoms with Crippen molar-refractivity contribution < 1.29 is 14.6 Å². The molecule has 0 spiro atoms. The van der Waals surface area contributed by atoms with Crippen molar-refractivity contribution in [3.63, 3.8) is 0 Å². The molecule has 0 saturated carbocycles. The van der Waals surface area contributed by atoms with E-state index < -0.39 is 6.23 Å². The predicted octanol–water partition coefficient (Wildman–Crippen LogP) is -0.393. The third-order valence-corrected chi connectivity index (χ3v) is 1.14. The SMILES string of the molecule is [N-]=[N+]=NCCOCCOC(N)CO. The quantitative estimate of drug-likeness (QED) is 0.178. The van der Waals surface area contributed by atoms with Crippen LogP contribution in [0.15, 0.2) is 5.11 Å². The number of aliphatic hydroxyl groups excluding tert-OH is 1. The van der Waals surface area contributed by atoms with Crippen LogP contribution in [0.2, 0.25) is 0 Å². The summed E-state index contributed by atoms with van der Waals surface area (Å²) in [6, 6.07) is 0. The normalized spacial score (nSPS) is 12.2. The topological polar surface area (TPSA) is 113 Å². The number of nitrogens with two attached hydrogens (primary N) is 1. The van der Waals surface area contributed by atoms with E-state index in [2.05, 4.69) is 10.0 Å². The number of aliphatic hydroxyl groups is 1. The van der Waals surface area contributed by atoms with Crippen LogP contribution in [0.5, 0.6) is 0 Å². The largest absolute Gasteiger partial charge is 0.392 e. The van der Waals surface area contributed by atoms with Crippen LogP contribution in [0.3, 0.4) is 0 Å². The van der Waals surface area contributed by atoms with Gasteiger partial charge in [0.15, 0.2) is 0 Å². The third-order valence-electron chi connectivity index (χ3n) is 1.14. The van der Waals surface area contributed by atoms with E-state index in [4.69, 9.17) is 25.8 Å². The van der Waals surface area contributed by atoms with Crippen LogP contribution in [0.25, 0.3) is 10.4 Å². The van der Waals surface area contributed by atoms with Gasteiger partial charge < -0.3 is 20.3 Å². The Morgan fingerprint density at radius 2 is 2.23 bits per heavy atom. The fourth-order valence-electron chi connectivity index (χ4n) is 0.563. The van der Waals surface area contributed by atoms with Crippen molar-refractivity contribution in [2.24, 2.45) is 10.8 Å². The molecule has 0 aliphatic heterocycles. The predicted molar refractivity (Wildman–Crippen MR) is 45.8 cm³/mol. The van der Waals surface area contributed by atoms with Crippen LogP contribution in [-0.2, 0) is 9.47 Å². The Hall–Kier alpha value is -0.850. The Kier molecular flexibility index (Phi) is 8.64. The van der Waals surface area contributed by atoms with Gasteiger partial charge in [-0.25, -0.2) is 0 Å². The van der Waals surface area contributed by atoms with E-state index in [-0.39, 0.29) is 6.61 Å². The minimum Gasteiger partial charge on any atom is -0.392 e. The van der Waals surface area contributed by atoms with Gasteiger partial charge in [0.25, 0.3) is 0 Å². The summed E-state index contributed by atoms with van der Waals surface area (Å²) in [6.45, 7) is 1.15. The van der Waals surface area contributed by atoms with Gasteiger partial charge in [0, 0.05) is 11.5 Å². The Balaban J connectivity index is 3.03. The van der Waals surface area contributed by atoms with Crippen molar-refractivity contribution >= 4 is 0 Å². The summed E-state index contributed by atoms with van der Waals surface area (Å²) in [5.74, 6) is 0. The van der Waals surface area contributed by atoms with Crippen molar-refractivity contribution in [2.45, 2.75) is 6.23 Å². The summed E-state index contributed by atoms with van der Waals surface area (Å²) in [5, 5.41) is 11.7. The Morgan fingerprint density at radius 1 is 1.46 bits per heavy atom. The van der Waals surface area contributed by atoms with Crippen LogP contribution in [0.1, 0.15) is 0 Å². The molecule has 0 rings (SSSR count). The highest BCUT2D eigenvalue weighted by atomic mass is 16.5. The first-order valence-electron chi connectivity index (χ1n) is 3.88. The van der Waals surface area contributed by atoms with Gasteiger partial charge in [-0.2, -0.15) is 0 Å². The number of hydrogen-bond donors (Lipinski definition) is 2. The summed E-state index contributed by atoms with van der Waals surface area (Å²) >= 11 is 0. The van der Waals surface area contributed by atoms with Crippen LogP contribution in [0, 0.1) is 0 Å². The molecule has 0 amide bonds. The molecular formula is C6H14N4O3. The highest BCUT2D eigenvalue weighted by Crippen LogP contribution is 1.83. The molecule has 0 saturated heterocycles. The highest BCUT2D eigenvalue weighted by Gasteiger charge is 1.97. The molecule has 7 heteroatoms. The molecule has 76 valence electrons. The fraction of sp³-hybridized carbons (Fsp3) is 1.00. The first-order chi connectivity index (χ1) is 6.31. The summed E-state index contributed by atoms with van der Waals surface area (Å²) in [7, 11) is 0. The monoisotopic (exact) mass is 190 g/mol. The molecule has 13 heavy (non-hydrogen) atoms. The average Bonchev–Trinajstić information content (AvgIpc) is 2.16. The zero-order valence-corrected chi connectivity index (χ0v) is 7.30. The average molecular weight is 190 g/mol. The van der Waals surface area contributed by atoms with Crippen LogP contribution < -0.4 is 5.73 Å². The van der Waals surface area contributed by atoms with Gasteiger partial charge in [0.1, 0.15) is 6.23 Å². The summed E-state index contributed by atoms with van der Waals surface area (Å²) in [6.07, 6.45) is -0.652. The van der Waals surface area contributed by atoms with Crippen LogP contribution >= 0.6 is 0 Å². The highest BCUT2D eigenvalue weighted by molar-refractivity contribution is 4.45. The lowest BCUT2D eigenvalue weighted by Gasteiger charge is -2.09. The number of hydrogen-bond acceptors (Lipinski definition) is 5. The van der Waals surface area contributed by atoms with E-state index in [1.807, 2.05) is 0 Å². The molecule has 0 aromatic heterocycles. The van der Waals surface area contributed by atoms with Gasteiger partial charge in [0.2, 0.25) is 0 Å². The molecule has 0 aromatic carbocycles. The first kappa shape index (κ1) is 12.2. The minimum atomic E-state index is -0.652. The molecule has 1 atom stereocenters. The number of nitrogens with zero attached hydrogens (tertiary/aromatic N) is 3. The van der Waals surface area contributed by atoms with E-state index >= 15 is 0 Å². The summed E-state index contributed by atoms with van der Waals surface area (Å²) < 4.78 is 9.90. The Bertz CT molecular complexity index is 160. The van der Waals surface area contributed by atoms with E-state index in [0.717, 1.165) is 0 Å². The lowest BCUT2D eigenvalue weighted by molar-refractivity contribution is -0.0147. The lowest BCUT2D eigenvalue weighted by atomic mass is 10.6. The van der Waals surface area contributed by atoms with Gasteiger partial charge in [-0.1, -0.05) is 5.11 Å². The lowest BCUT2D eigenvalue weighted by Crippen LogP contribution is -2.29. The Morgan fingerprint density at radius 3 is 2.85 bits per heavy atom. The molecule has 0 heterocycles. The van der Waals surface area contributed by atoms with E-state index in [1.54, 1.807) is 0 Å². The summed E-state index contributed by atoms with van der Waals surface area (Å²) in [4.78, 5) is 2.56. The molecule has 0 fully saturated rings. The molecular weight excluding hydrogens is 176 g/mol. The van der Waals surface area contributed by atoms with E-state index in [9.17, 15) is 0 Å². The third kappa shape index (κ3) is 9.06.